The van der Waals surface area contributed by atoms with Crippen LogP contribution >= 0.6 is 23.7 Å². The molecule has 0 atom stereocenters. The molecule has 2 aromatic carbocycles. The number of halogens is 3. The van der Waals surface area contributed by atoms with Gasteiger partial charge in [-0.2, -0.15) is 13.2 Å². The van der Waals surface area contributed by atoms with Gasteiger partial charge in [0.25, 0.3) is 0 Å². The number of hydrogen-bond donors (Lipinski definition) is 1. The largest absolute Gasteiger partial charge is 0.416 e. The zero-order valence-electron chi connectivity index (χ0n) is 13.1. The number of carbonyl (C=O) groups is 2. The fourth-order valence-corrected chi connectivity index (χ4v) is 2.95. The number of rotatable bonds is 6. The first-order chi connectivity index (χ1) is 11.8. The molecule has 132 valence electrons. The second-order valence-corrected chi connectivity index (χ2v) is 7.04. The summed E-state index contributed by atoms with van der Waals surface area (Å²) in [6.07, 6.45) is -4.35. The zero-order chi connectivity index (χ0) is 18.4. The van der Waals surface area contributed by atoms with E-state index in [-0.39, 0.29) is 16.7 Å². The van der Waals surface area contributed by atoms with Crippen LogP contribution in [0.4, 0.5) is 18.9 Å². The van der Waals surface area contributed by atoms with Crippen molar-refractivity contribution < 1.29 is 22.8 Å². The first-order valence-electron chi connectivity index (χ1n) is 7.12. The van der Waals surface area contributed by atoms with E-state index in [4.69, 9.17) is 0 Å². The second kappa shape index (κ2) is 8.44. The average Bonchev–Trinajstić information content (AvgIpc) is 2.58. The van der Waals surface area contributed by atoms with Crippen molar-refractivity contribution in [3.8, 4) is 0 Å². The minimum Gasteiger partial charge on any atom is -0.326 e. The number of anilines is 1. The van der Waals surface area contributed by atoms with Crippen molar-refractivity contribution in [2.24, 2.45) is 0 Å². The van der Waals surface area contributed by atoms with E-state index in [0.717, 1.165) is 23.9 Å². The van der Waals surface area contributed by atoms with Gasteiger partial charge in [-0.05, 0) is 60.5 Å². The molecule has 8 heteroatoms. The van der Waals surface area contributed by atoms with Gasteiger partial charge in [-0.3, -0.25) is 9.59 Å². The Morgan fingerprint density at radius 2 is 1.60 bits per heavy atom. The molecule has 0 spiro atoms. The number of nitrogens with one attached hydrogen (secondary N) is 1. The molecule has 0 saturated carbocycles. The van der Waals surface area contributed by atoms with Gasteiger partial charge >= 0.3 is 6.18 Å². The van der Waals surface area contributed by atoms with Crippen molar-refractivity contribution in [2.75, 3.05) is 10.5 Å². The Labute approximate surface area is 151 Å². The third-order valence-electron chi connectivity index (χ3n) is 3.08. The monoisotopic (exact) mass is 385 g/mol. The van der Waals surface area contributed by atoms with Crippen LogP contribution < -0.4 is 4.72 Å². The highest BCUT2D eigenvalue weighted by molar-refractivity contribution is 8.14. The molecule has 0 saturated heterocycles. The molecule has 0 radical (unpaired) electrons. The Morgan fingerprint density at radius 3 is 2.12 bits per heavy atom. The lowest BCUT2D eigenvalue weighted by molar-refractivity contribution is -0.137. The third kappa shape index (κ3) is 6.13. The van der Waals surface area contributed by atoms with Crippen LogP contribution in [0.25, 0.3) is 0 Å². The maximum absolute atomic E-state index is 12.5. The summed E-state index contributed by atoms with van der Waals surface area (Å²) in [7, 11) is 0. The van der Waals surface area contributed by atoms with Crippen LogP contribution in [0.3, 0.4) is 0 Å². The van der Waals surface area contributed by atoms with Gasteiger partial charge < -0.3 is 4.72 Å². The van der Waals surface area contributed by atoms with E-state index < -0.39 is 11.7 Å². The van der Waals surface area contributed by atoms with E-state index in [0.29, 0.717) is 16.1 Å². The molecule has 3 nitrogen and oxygen atoms in total. The Hall–Kier alpha value is -1.93. The summed E-state index contributed by atoms with van der Waals surface area (Å²) >= 11 is 2.13. The van der Waals surface area contributed by atoms with Crippen molar-refractivity contribution in [1.82, 2.24) is 0 Å². The molecule has 2 aromatic rings. The summed E-state index contributed by atoms with van der Waals surface area (Å²) in [4.78, 5) is 23.4. The lowest BCUT2D eigenvalue weighted by Gasteiger charge is -2.09. The van der Waals surface area contributed by atoms with Gasteiger partial charge in [0.15, 0.2) is 10.9 Å². The fraction of sp³-hybridized carbons (Fsp3) is 0.176. The summed E-state index contributed by atoms with van der Waals surface area (Å²) in [6, 6.07) is 11.5. The summed E-state index contributed by atoms with van der Waals surface area (Å²) < 4.78 is 40.5. The molecule has 0 unspecified atom stereocenters. The average molecular weight is 385 g/mol. The second-order valence-electron chi connectivity index (χ2n) is 5.01. The summed E-state index contributed by atoms with van der Waals surface area (Å²) in [5.41, 5.74) is 0.516. The molecule has 2 rings (SSSR count). The molecule has 0 bridgehead atoms. The first-order valence-corrected chi connectivity index (χ1v) is 8.92. The fourth-order valence-electron chi connectivity index (χ4n) is 1.80. The van der Waals surface area contributed by atoms with E-state index >= 15 is 0 Å². The Bertz CT molecular complexity index is 744. The molecule has 0 aromatic heterocycles. The van der Waals surface area contributed by atoms with Crippen LogP contribution in [0.5, 0.6) is 0 Å². The molecule has 0 aliphatic carbocycles. The SMILES string of the molecule is CC(=O)SCC(=O)c1ccc(NSc2ccc(C(F)(F)F)cc2)cc1. The molecular formula is C17H14F3NO2S2. The Balaban J connectivity index is 1.91. The highest BCUT2D eigenvalue weighted by Crippen LogP contribution is 2.31. The van der Waals surface area contributed by atoms with Crippen LogP contribution in [0.1, 0.15) is 22.8 Å². The predicted molar refractivity (Wildman–Crippen MR) is 94.8 cm³/mol. The number of benzene rings is 2. The van der Waals surface area contributed by atoms with Gasteiger partial charge in [0.2, 0.25) is 0 Å². The van der Waals surface area contributed by atoms with Gasteiger partial charge in [0.05, 0.1) is 11.3 Å². The van der Waals surface area contributed by atoms with E-state index in [9.17, 15) is 22.8 Å². The number of alkyl halides is 3. The quantitative estimate of drug-likeness (QED) is 0.541. The normalized spacial score (nSPS) is 11.2. The van der Waals surface area contributed by atoms with Crippen molar-refractivity contribution in [3.63, 3.8) is 0 Å². The van der Waals surface area contributed by atoms with Gasteiger partial charge in [-0.15, -0.1) is 0 Å². The molecule has 0 heterocycles. The molecule has 0 fully saturated rings. The molecule has 0 aliphatic heterocycles. The van der Waals surface area contributed by atoms with Gasteiger partial charge in [0.1, 0.15) is 0 Å². The number of carbonyl (C=O) groups excluding carboxylic acids is 2. The summed E-state index contributed by atoms with van der Waals surface area (Å²) in [5, 5.41) is -0.112. The van der Waals surface area contributed by atoms with E-state index in [1.54, 1.807) is 24.3 Å². The third-order valence-corrected chi connectivity index (χ3v) is 4.74. The van der Waals surface area contributed by atoms with Gasteiger partial charge in [-0.25, -0.2) is 0 Å². The standard InChI is InChI=1S/C17H14F3NO2S2/c1-11(22)24-10-16(23)12-2-6-14(7-3-12)21-25-15-8-4-13(5-9-15)17(18,19)20/h2-9,21H,10H2,1H3. The lowest BCUT2D eigenvalue weighted by Crippen LogP contribution is -2.04. The molecule has 0 aliphatic rings. The zero-order valence-corrected chi connectivity index (χ0v) is 14.7. The van der Waals surface area contributed by atoms with Gasteiger partial charge in [-0.1, -0.05) is 11.8 Å². The Morgan fingerprint density at radius 1 is 1.00 bits per heavy atom. The molecular weight excluding hydrogens is 371 g/mol. The predicted octanol–water partition coefficient (Wildman–Crippen LogP) is 5.29. The molecule has 1 N–H and O–H groups in total. The van der Waals surface area contributed by atoms with Crippen LogP contribution in [0.2, 0.25) is 0 Å². The number of hydrogen-bond acceptors (Lipinski definition) is 5. The summed E-state index contributed by atoms with van der Waals surface area (Å²) in [6.45, 7) is 1.41. The molecule has 25 heavy (non-hydrogen) atoms. The van der Waals surface area contributed by atoms with E-state index in [1.807, 2.05) is 0 Å². The Kier molecular flexibility index (Phi) is 6.55. The van der Waals surface area contributed by atoms with Crippen LogP contribution in [0, 0.1) is 0 Å². The first kappa shape index (κ1) is 19.4. The minimum absolute atomic E-state index is 0.0996. The smallest absolute Gasteiger partial charge is 0.326 e. The topological polar surface area (TPSA) is 46.2 Å². The number of thioether (sulfide) groups is 1. The van der Waals surface area contributed by atoms with E-state index in [1.165, 1.54) is 31.0 Å². The van der Waals surface area contributed by atoms with Crippen LogP contribution in [-0.4, -0.2) is 16.7 Å². The minimum atomic E-state index is -4.35. The highest BCUT2D eigenvalue weighted by atomic mass is 32.2. The highest BCUT2D eigenvalue weighted by Gasteiger charge is 2.29. The lowest BCUT2D eigenvalue weighted by atomic mass is 10.1. The maximum Gasteiger partial charge on any atom is 0.416 e. The van der Waals surface area contributed by atoms with Crippen molar-refractivity contribution >= 4 is 40.3 Å². The van der Waals surface area contributed by atoms with Crippen molar-refractivity contribution in [3.05, 3.63) is 59.7 Å². The summed E-state index contributed by atoms with van der Waals surface area (Å²) in [5.74, 6) is -0.0373. The van der Waals surface area contributed by atoms with Crippen molar-refractivity contribution in [1.29, 1.82) is 0 Å². The number of ketones is 1. The van der Waals surface area contributed by atoms with E-state index in [2.05, 4.69) is 4.72 Å². The van der Waals surface area contributed by atoms with Gasteiger partial charge in [0, 0.05) is 23.1 Å². The van der Waals surface area contributed by atoms with Crippen LogP contribution in [0.15, 0.2) is 53.4 Å². The number of Topliss-reactive ketones (excluding diaryl/α,β-unsaturated/α-hetero) is 1. The van der Waals surface area contributed by atoms with Crippen LogP contribution in [-0.2, 0) is 11.0 Å². The maximum atomic E-state index is 12.5. The molecule has 0 amide bonds. The van der Waals surface area contributed by atoms with Crippen molar-refractivity contribution in [2.45, 2.75) is 18.0 Å².